The second-order valence-corrected chi connectivity index (χ2v) is 10.3. The Morgan fingerprint density at radius 3 is 2.58 bits per heavy atom. The molecule has 1 unspecified atom stereocenters. The Kier molecular flexibility index (Phi) is 6.37. The van der Waals surface area contributed by atoms with E-state index < -0.39 is 0 Å². The summed E-state index contributed by atoms with van der Waals surface area (Å²) in [6, 6.07) is 10.0. The van der Waals surface area contributed by atoms with Gasteiger partial charge in [0.15, 0.2) is 11.6 Å². The largest absolute Gasteiger partial charge is 0.511 e. The van der Waals surface area contributed by atoms with E-state index in [4.69, 9.17) is 4.52 Å². The third-order valence-electron chi connectivity index (χ3n) is 6.40. The molecule has 6 nitrogen and oxygen atoms in total. The Morgan fingerprint density at radius 2 is 1.88 bits per heavy atom. The van der Waals surface area contributed by atoms with E-state index in [0.29, 0.717) is 60.4 Å². The van der Waals surface area contributed by atoms with Crippen molar-refractivity contribution in [3.63, 3.8) is 0 Å². The predicted molar refractivity (Wildman–Crippen MR) is 127 cm³/mol. The zero-order chi connectivity index (χ0) is 23.8. The van der Waals surface area contributed by atoms with Crippen molar-refractivity contribution in [1.29, 1.82) is 0 Å². The van der Waals surface area contributed by atoms with Crippen molar-refractivity contribution in [2.45, 2.75) is 78.2 Å². The molecule has 33 heavy (non-hydrogen) atoms. The Bertz CT molecular complexity index is 1120. The zero-order valence-corrected chi connectivity index (χ0v) is 19.9. The van der Waals surface area contributed by atoms with Crippen LogP contribution in [0.2, 0.25) is 0 Å². The number of aromatic nitrogens is 1. The molecule has 1 aromatic heterocycles. The topological polar surface area (TPSA) is 92.8 Å². The molecule has 0 radical (unpaired) electrons. The Labute approximate surface area is 194 Å². The van der Waals surface area contributed by atoms with Gasteiger partial charge in [-0.15, -0.1) is 0 Å². The first-order valence-corrected chi connectivity index (χ1v) is 11.7. The number of ketones is 2. The second kappa shape index (κ2) is 9.08. The smallest absolute Gasteiger partial charge is 0.168 e. The fraction of sp³-hybridized carbons (Fsp3) is 0.481. The van der Waals surface area contributed by atoms with E-state index in [2.05, 4.69) is 10.1 Å². The molecule has 1 saturated carbocycles. The van der Waals surface area contributed by atoms with Crippen molar-refractivity contribution in [2.75, 3.05) is 0 Å². The number of Topliss-reactive ketones (excluding diaryl/α,β-unsaturated/α-hetero) is 2. The summed E-state index contributed by atoms with van der Waals surface area (Å²) in [6.07, 6.45) is 2.62. The van der Waals surface area contributed by atoms with Crippen LogP contribution in [0.15, 0.2) is 51.2 Å². The Hall–Kier alpha value is -3.02. The molecule has 0 saturated heterocycles. The van der Waals surface area contributed by atoms with E-state index >= 15 is 0 Å². The van der Waals surface area contributed by atoms with E-state index in [9.17, 15) is 14.7 Å². The van der Waals surface area contributed by atoms with Gasteiger partial charge in [0.2, 0.25) is 0 Å². The van der Waals surface area contributed by atoms with Gasteiger partial charge in [0, 0.05) is 43.9 Å². The highest BCUT2D eigenvalue weighted by atomic mass is 16.5. The number of carbonyl (C=O) groups excluding carboxylic acids is 2. The summed E-state index contributed by atoms with van der Waals surface area (Å²) in [7, 11) is 0. The average molecular weight is 449 g/mol. The number of hydrogen-bond donors (Lipinski definition) is 1. The lowest BCUT2D eigenvalue weighted by Gasteiger charge is -2.31. The Morgan fingerprint density at radius 1 is 1.15 bits per heavy atom. The van der Waals surface area contributed by atoms with Crippen molar-refractivity contribution in [1.82, 2.24) is 5.16 Å². The maximum Gasteiger partial charge on any atom is 0.168 e. The number of aliphatic hydroxyl groups is 1. The van der Waals surface area contributed by atoms with Gasteiger partial charge in [-0.3, -0.25) is 14.6 Å². The summed E-state index contributed by atoms with van der Waals surface area (Å²) in [5.74, 6) is 0.663. The number of allylic oxidation sites excluding steroid dienone is 2. The molecule has 1 atom stereocenters. The van der Waals surface area contributed by atoms with Gasteiger partial charge >= 0.3 is 0 Å². The lowest BCUT2D eigenvalue weighted by atomic mass is 9.73. The third-order valence-corrected chi connectivity index (χ3v) is 6.40. The van der Waals surface area contributed by atoms with E-state index in [1.165, 1.54) is 0 Å². The molecule has 2 aliphatic carbocycles. The molecule has 0 spiro atoms. The second-order valence-electron chi connectivity index (χ2n) is 10.3. The number of carbonyl (C=O) groups is 2. The van der Waals surface area contributed by atoms with Crippen LogP contribution in [0.4, 0.5) is 0 Å². The highest BCUT2D eigenvalue weighted by Crippen LogP contribution is 2.37. The third kappa shape index (κ3) is 5.00. The van der Waals surface area contributed by atoms with Crippen LogP contribution in [0.5, 0.6) is 0 Å². The van der Waals surface area contributed by atoms with Gasteiger partial charge in [-0.25, -0.2) is 0 Å². The van der Waals surface area contributed by atoms with Crippen LogP contribution in [0.3, 0.4) is 0 Å². The quantitative estimate of drug-likeness (QED) is 0.477. The highest BCUT2D eigenvalue weighted by molar-refractivity contribution is 6.24. The maximum absolute atomic E-state index is 12.9. The molecule has 1 N–H and O–H groups in total. The molecule has 6 heteroatoms. The molecular formula is C27H32N2O4. The van der Waals surface area contributed by atoms with Crippen LogP contribution in [0.1, 0.15) is 86.7 Å². The zero-order valence-electron chi connectivity index (χ0n) is 19.9. The van der Waals surface area contributed by atoms with E-state index in [1.54, 1.807) is 0 Å². The number of hydrogen-bond acceptors (Lipinski definition) is 6. The fourth-order valence-electron chi connectivity index (χ4n) is 4.97. The number of aryl methyl sites for hydroxylation is 1. The summed E-state index contributed by atoms with van der Waals surface area (Å²) >= 11 is 0. The number of nitrogens with zero attached hydrogens (tertiary/aromatic N) is 2. The van der Waals surface area contributed by atoms with Crippen molar-refractivity contribution < 1.29 is 19.2 Å². The molecule has 1 fully saturated rings. The summed E-state index contributed by atoms with van der Waals surface area (Å²) in [4.78, 5) is 30.5. The molecule has 174 valence electrons. The SMILES string of the molecule is CC(C)N=C1CC(C)(C)CC(=O)C1=C(O)CCc1noc2c1C(=O)CC(c1ccccc1)C2. The van der Waals surface area contributed by atoms with Crippen LogP contribution >= 0.6 is 0 Å². The molecule has 0 bridgehead atoms. The van der Waals surface area contributed by atoms with Gasteiger partial charge in [-0.05, 0) is 37.2 Å². The first-order valence-electron chi connectivity index (χ1n) is 11.7. The number of benzene rings is 1. The lowest BCUT2D eigenvalue weighted by molar-refractivity contribution is -0.117. The molecule has 4 rings (SSSR count). The summed E-state index contributed by atoms with van der Waals surface area (Å²) in [5, 5.41) is 15.1. The summed E-state index contributed by atoms with van der Waals surface area (Å²) in [6.45, 7) is 8.02. The number of fused-ring (bicyclic) bond motifs is 1. The van der Waals surface area contributed by atoms with Gasteiger partial charge in [-0.2, -0.15) is 0 Å². The number of aliphatic hydroxyl groups excluding tert-OH is 1. The monoisotopic (exact) mass is 448 g/mol. The number of aliphatic imine (C=N–C) groups is 1. The van der Waals surface area contributed by atoms with Crippen LogP contribution in [-0.4, -0.2) is 33.6 Å². The fourth-order valence-corrected chi connectivity index (χ4v) is 4.97. The first kappa shape index (κ1) is 23.1. The van der Waals surface area contributed by atoms with Crippen LogP contribution in [0.25, 0.3) is 0 Å². The van der Waals surface area contributed by atoms with Crippen LogP contribution in [0, 0.1) is 5.41 Å². The van der Waals surface area contributed by atoms with Gasteiger partial charge < -0.3 is 9.63 Å². The molecule has 0 amide bonds. The van der Waals surface area contributed by atoms with Crippen LogP contribution in [-0.2, 0) is 17.6 Å². The Balaban J connectivity index is 1.54. The van der Waals surface area contributed by atoms with Crippen molar-refractivity contribution in [3.8, 4) is 0 Å². The van der Waals surface area contributed by atoms with Gasteiger partial charge in [0.1, 0.15) is 11.5 Å². The van der Waals surface area contributed by atoms with Crippen molar-refractivity contribution in [3.05, 3.63) is 64.2 Å². The molecule has 1 heterocycles. The minimum atomic E-state index is -0.179. The standard InChI is InChI=1S/C27H32N2O4/c1-16(2)28-20-14-27(3,4)15-23(32)25(20)21(30)11-10-19-26-22(31)12-18(13-24(26)33-29-19)17-8-6-5-7-9-17/h5-9,16,18,30H,10-15H2,1-4H3. The van der Waals surface area contributed by atoms with Gasteiger partial charge in [0.25, 0.3) is 0 Å². The summed E-state index contributed by atoms with van der Waals surface area (Å²) in [5.41, 5.74) is 3.06. The van der Waals surface area contributed by atoms with Gasteiger partial charge in [-0.1, -0.05) is 49.3 Å². The average Bonchev–Trinajstić information content (AvgIpc) is 3.15. The van der Waals surface area contributed by atoms with Gasteiger partial charge in [0.05, 0.1) is 16.8 Å². The molecule has 2 aliphatic rings. The normalized spacial score (nSPS) is 23.2. The van der Waals surface area contributed by atoms with Crippen LogP contribution < -0.4 is 0 Å². The predicted octanol–water partition coefficient (Wildman–Crippen LogP) is 5.57. The number of rotatable bonds is 5. The molecule has 1 aromatic carbocycles. The lowest BCUT2D eigenvalue weighted by Crippen LogP contribution is -2.33. The highest BCUT2D eigenvalue weighted by Gasteiger charge is 2.37. The molecule has 2 aromatic rings. The molecule has 0 aliphatic heterocycles. The van der Waals surface area contributed by atoms with E-state index in [-0.39, 0.29) is 41.1 Å². The minimum absolute atomic E-state index is 0.0195. The first-order chi connectivity index (χ1) is 15.6. The summed E-state index contributed by atoms with van der Waals surface area (Å²) < 4.78 is 5.55. The molecular weight excluding hydrogens is 416 g/mol. The van der Waals surface area contributed by atoms with E-state index in [1.807, 2.05) is 58.0 Å². The van der Waals surface area contributed by atoms with E-state index in [0.717, 1.165) is 5.56 Å². The van der Waals surface area contributed by atoms with Crippen molar-refractivity contribution >= 4 is 17.3 Å². The van der Waals surface area contributed by atoms with Crippen molar-refractivity contribution in [2.24, 2.45) is 10.4 Å². The maximum atomic E-state index is 12.9. The minimum Gasteiger partial charge on any atom is -0.511 e.